The molecule has 0 fully saturated rings. The second-order valence-electron chi connectivity index (χ2n) is 5.85. The minimum Gasteiger partial charge on any atom is -0.351 e. The first-order valence-electron chi connectivity index (χ1n) is 7.63. The highest BCUT2D eigenvalue weighted by molar-refractivity contribution is 6.23. The number of amides is 1. The Hall–Kier alpha value is -2.65. The Morgan fingerprint density at radius 2 is 1.39 bits per heavy atom. The highest BCUT2D eigenvalue weighted by Crippen LogP contribution is 2.35. The van der Waals surface area contributed by atoms with Crippen LogP contribution >= 0.6 is 0 Å². The molecule has 23 heavy (non-hydrogen) atoms. The van der Waals surface area contributed by atoms with Gasteiger partial charge in [0.15, 0.2) is 0 Å². The molecule has 0 aliphatic heterocycles. The number of rotatable bonds is 2. The van der Waals surface area contributed by atoms with Crippen molar-refractivity contribution in [3.63, 3.8) is 0 Å². The minimum absolute atomic E-state index is 0.591. The molecule has 0 radical (unpaired) electrons. The van der Waals surface area contributed by atoms with Gasteiger partial charge in [0.25, 0.3) is 0 Å². The highest BCUT2D eigenvalue weighted by Gasteiger charge is 2.09. The lowest BCUT2D eigenvalue weighted by molar-refractivity contribution is -0.115. The van der Waals surface area contributed by atoms with Gasteiger partial charge in [0.2, 0.25) is 6.41 Å². The summed E-state index contributed by atoms with van der Waals surface area (Å²) < 4.78 is 0. The van der Waals surface area contributed by atoms with E-state index in [1.807, 2.05) is 0 Å². The number of nitrogens with zero attached hydrogens (tertiary/aromatic N) is 1. The molecule has 0 aliphatic carbocycles. The summed E-state index contributed by atoms with van der Waals surface area (Å²) in [5.41, 5.74) is 7.07. The molecule has 0 heterocycles. The molecule has 3 heteroatoms. The van der Waals surface area contributed by atoms with Crippen LogP contribution in [0.25, 0.3) is 32.3 Å². The summed E-state index contributed by atoms with van der Waals surface area (Å²) in [5, 5.41) is 7.92. The number of nitrogens with two attached hydrogens (primary N) is 1. The molecule has 0 atom stereocenters. The van der Waals surface area contributed by atoms with E-state index in [0.717, 1.165) is 6.41 Å². The quantitative estimate of drug-likeness (QED) is 0.453. The van der Waals surface area contributed by atoms with Gasteiger partial charge < -0.3 is 10.6 Å². The first kappa shape index (κ1) is 15.3. The van der Waals surface area contributed by atoms with Gasteiger partial charge in [-0.3, -0.25) is 4.79 Å². The third-order valence-electron chi connectivity index (χ3n) is 4.05. The van der Waals surface area contributed by atoms with Crippen molar-refractivity contribution in [1.82, 2.24) is 4.90 Å². The van der Waals surface area contributed by atoms with Crippen LogP contribution < -0.4 is 5.73 Å². The largest absolute Gasteiger partial charge is 0.351 e. The third kappa shape index (κ3) is 2.71. The molecule has 0 aromatic heterocycles. The van der Waals surface area contributed by atoms with Gasteiger partial charge in [0, 0.05) is 20.6 Å². The molecule has 1 amide bonds. The molecule has 0 saturated carbocycles. The Labute approximate surface area is 135 Å². The van der Waals surface area contributed by atoms with Gasteiger partial charge in [-0.15, -0.1) is 0 Å². The van der Waals surface area contributed by atoms with Crippen LogP contribution in [-0.4, -0.2) is 25.4 Å². The van der Waals surface area contributed by atoms with Crippen LogP contribution in [0.4, 0.5) is 0 Å². The van der Waals surface area contributed by atoms with Gasteiger partial charge in [-0.25, -0.2) is 0 Å². The molecule has 0 unspecified atom stereocenters. The van der Waals surface area contributed by atoms with Gasteiger partial charge in [-0.2, -0.15) is 0 Å². The monoisotopic (exact) mass is 304 g/mol. The van der Waals surface area contributed by atoms with Crippen molar-refractivity contribution in [2.75, 3.05) is 14.1 Å². The molecule has 0 aliphatic rings. The molecule has 0 spiro atoms. The number of hydrogen-bond donors (Lipinski definition) is 1. The second-order valence-corrected chi connectivity index (χ2v) is 5.85. The fourth-order valence-corrected chi connectivity index (χ4v) is 2.97. The number of carbonyl (C=O) groups is 1. The summed E-state index contributed by atoms with van der Waals surface area (Å²) in [7, 11) is 3.38. The number of carbonyl (C=O) groups excluding carboxylic acids is 1. The maximum Gasteiger partial charge on any atom is 0.209 e. The van der Waals surface area contributed by atoms with E-state index in [0.29, 0.717) is 6.54 Å². The first-order valence-corrected chi connectivity index (χ1v) is 7.63. The fraction of sp³-hybridized carbons (Fsp3) is 0.150. The molecule has 4 aromatic carbocycles. The van der Waals surface area contributed by atoms with Crippen LogP contribution in [0.15, 0.2) is 54.6 Å². The Balaban J connectivity index is 0.000000276. The standard InChI is InChI=1S/C17H13N.C3H7NO/c18-10-14-7-6-13-5-4-11-2-1-3-12-8-9-15(14)17(13)16(11)12;1-4(2)3-5/h1-9H,10,18H2;3H,1-2H3. The Kier molecular flexibility index (Phi) is 4.13. The molecule has 116 valence electrons. The van der Waals surface area contributed by atoms with Crippen molar-refractivity contribution >= 4 is 38.7 Å². The van der Waals surface area contributed by atoms with E-state index in [9.17, 15) is 4.79 Å². The first-order chi connectivity index (χ1) is 11.2. The lowest BCUT2D eigenvalue weighted by atomic mass is 9.92. The normalized spacial score (nSPS) is 10.7. The Morgan fingerprint density at radius 3 is 1.96 bits per heavy atom. The predicted molar refractivity (Wildman–Crippen MR) is 97.8 cm³/mol. The van der Waals surface area contributed by atoms with E-state index >= 15 is 0 Å². The van der Waals surface area contributed by atoms with Crippen LogP contribution in [0.1, 0.15) is 5.56 Å². The smallest absolute Gasteiger partial charge is 0.209 e. The van der Waals surface area contributed by atoms with Crippen molar-refractivity contribution in [3.05, 3.63) is 60.2 Å². The molecule has 0 saturated heterocycles. The third-order valence-corrected chi connectivity index (χ3v) is 4.05. The van der Waals surface area contributed by atoms with E-state index < -0.39 is 0 Å². The average molecular weight is 304 g/mol. The van der Waals surface area contributed by atoms with Crippen molar-refractivity contribution in [2.45, 2.75) is 6.54 Å². The summed E-state index contributed by atoms with van der Waals surface area (Å²) in [6.45, 7) is 0.591. The van der Waals surface area contributed by atoms with Crippen LogP contribution in [0.2, 0.25) is 0 Å². The Bertz CT molecular complexity index is 944. The SMILES string of the molecule is CN(C)C=O.NCc1ccc2ccc3cccc4ccc1c2c34. The van der Waals surface area contributed by atoms with Crippen LogP contribution in [0.5, 0.6) is 0 Å². The molecular weight excluding hydrogens is 284 g/mol. The van der Waals surface area contributed by atoms with Crippen molar-refractivity contribution in [3.8, 4) is 0 Å². The van der Waals surface area contributed by atoms with Crippen LogP contribution in [-0.2, 0) is 11.3 Å². The lowest BCUT2D eigenvalue weighted by Gasteiger charge is -2.12. The molecule has 3 nitrogen and oxygen atoms in total. The van der Waals surface area contributed by atoms with Crippen molar-refractivity contribution < 1.29 is 4.79 Å². The summed E-state index contributed by atoms with van der Waals surface area (Å²) in [6, 6.07) is 19.6. The highest BCUT2D eigenvalue weighted by atomic mass is 16.1. The number of benzene rings is 4. The van der Waals surface area contributed by atoms with E-state index in [-0.39, 0.29) is 0 Å². The molecule has 4 rings (SSSR count). The van der Waals surface area contributed by atoms with Crippen molar-refractivity contribution in [2.24, 2.45) is 5.73 Å². The summed E-state index contributed by atoms with van der Waals surface area (Å²) in [6.07, 6.45) is 0.750. The van der Waals surface area contributed by atoms with E-state index in [4.69, 9.17) is 5.73 Å². The van der Waals surface area contributed by atoms with Crippen molar-refractivity contribution in [1.29, 1.82) is 0 Å². The average Bonchev–Trinajstić information content (AvgIpc) is 2.60. The zero-order valence-corrected chi connectivity index (χ0v) is 13.4. The maximum atomic E-state index is 9.43. The van der Waals surface area contributed by atoms with Gasteiger partial charge in [-0.1, -0.05) is 54.6 Å². The fourth-order valence-electron chi connectivity index (χ4n) is 2.97. The minimum atomic E-state index is 0.591. The van der Waals surface area contributed by atoms with E-state index in [2.05, 4.69) is 54.6 Å². The lowest BCUT2D eigenvalue weighted by Crippen LogP contribution is -2.06. The summed E-state index contributed by atoms with van der Waals surface area (Å²) in [4.78, 5) is 10.9. The summed E-state index contributed by atoms with van der Waals surface area (Å²) >= 11 is 0. The van der Waals surface area contributed by atoms with E-state index in [1.54, 1.807) is 14.1 Å². The topological polar surface area (TPSA) is 46.3 Å². The van der Waals surface area contributed by atoms with Gasteiger partial charge in [0.1, 0.15) is 0 Å². The molecular formula is C20H20N2O. The van der Waals surface area contributed by atoms with Crippen LogP contribution in [0.3, 0.4) is 0 Å². The molecule has 4 aromatic rings. The van der Waals surface area contributed by atoms with Gasteiger partial charge in [0.05, 0.1) is 0 Å². The summed E-state index contributed by atoms with van der Waals surface area (Å²) in [5.74, 6) is 0. The number of hydrogen-bond acceptors (Lipinski definition) is 2. The zero-order chi connectivity index (χ0) is 16.4. The zero-order valence-electron chi connectivity index (χ0n) is 13.4. The second kappa shape index (κ2) is 6.23. The maximum absolute atomic E-state index is 9.43. The van der Waals surface area contributed by atoms with E-state index in [1.165, 1.54) is 42.8 Å². The van der Waals surface area contributed by atoms with Gasteiger partial charge in [-0.05, 0) is 37.9 Å². The van der Waals surface area contributed by atoms with Crippen LogP contribution in [0, 0.1) is 0 Å². The Morgan fingerprint density at radius 1 is 0.870 bits per heavy atom. The van der Waals surface area contributed by atoms with Gasteiger partial charge >= 0.3 is 0 Å². The molecule has 2 N–H and O–H groups in total. The molecule has 0 bridgehead atoms. The predicted octanol–water partition coefficient (Wildman–Crippen LogP) is 3.75.